The van der Waals surface area contributed by atoms with E-state index >= 15 is 0 Å². The molecule has 0 radical (unpaired) electrons. The van der Waals surface area contributed by atoms with Crippen LogP contribution >= 0.6 is 0 Å². The summed E-state index contributed by atoms with van der Waals surface area (Å²) >= 11 is 0. The van der Waals surface area contributed by atoms with Crippen molar-refractivity contribution in [2.24, 2.45) is 0 Å². The first-order chi connectivity index (χ1) is 5.72. The van der Waals surface area contributed by atoms with Gasteiger partial charge in [0.15, 0.2) is 0 Å². The Morgan fingerprint density at radius 3 is 2.83 bits per heavy atom. The van der Waals surface area contributed by atoms with Gasteiger partial charge < -0.3 is 5.32 Å². The van der Waals surface area contributed by atoms with E-state index in [0.29, 0.717) is 0 Å². The number of nitriles is 1. The van der Waals surface area contributed by atoms with Crippen molar-refractivity contribution >= 4 is 5.91 Å². The Bertz CT molecular complexity index is 244. The fourth-order valence-corrected chi connectivity index (χ4v) is 0.998. The molecule has 1 aliphatic carbocycles. The van der Waals surface area contributed by atoms with Crippen LogP contribution in [0.3, 0.4) is 0 Å². The molecule has 12 heavy (non-hydrogen) atoms. The lowest BCUT2D eigenvalue weighted by Gasteiger charge is -2.15. The molecule has 0 bridgehead atoms. The van der Waals surface area contributed by atoms with Gasteiger partial charge in [0.25, 0.3) is 0 Å². The smallest absolute Gasteiger partial charge is 0.244 e. The predicted octanol–water partition coefficient (Wildman–Crippen LogP) is 1.12. The molecule has 0 aromatic heterocycles. The zero-order chi connectivity index (χ0) is 8.97. The van der Waals surface area contributed by atoms with Crippen LogP contribution in [0.4, 0.5) is 0 Å². The van der Waals surface area contributed by atoms with Crippen molar-refractivity contribution in [2.45, 2.75) is 32.2 Å². The number of hydrogen-bond acceptors (Lipinski definition) is 2. The summed E-state index contributed by atoms with van der Waals surface area (Å²) in [4.78, 5) is 11.1. The van der Waals surface area contributed by atoms with Crippen molar-refractivity contribution < 1.29 is 4.79 Å². The lowest BCUT2D eigenvalue weighted by atomic mass is 9.92. The minimum absolute atomic E-state index is 0.140. The van der Waals surface area contributed by atoms with E-state index in [1.54, 1.807) is 13.0 Å². The number of carbonyl (C=O) groups is 1. The Labute approximate surface area is 72.1 Å². The van der Waals surface area contributed by atoms with E-state index in [4.69, 9.17) is 5.26 Å². The molecule has 0 aromatic rings. The predicted molar refractivity (Wildman–Crippen MR) is 45.2 cm³/mol. The third-order valence-corrected chi connectivity index (χ3v) is 1.88. The monoisotopic (exact) mass is 164 g/mol. The van der Waals surface area contributed by atoms with E-state index in [0.717, 1.165) is 12.8 Å². The van der Waals surface area contributed by atoms with Crippen LogP contribution in [0.2, 0.25) is 0 Å². The van der Waals surface area contributed by atoms with Gasteiger partial charge in [-0.2, -0.15) is 5.26 Å². The second-order valence-electron chi connectivity index (χ2n) is 3.02. The van der Waals surface area contributed by atoms with Crippen molar-refractivity contribution in [2.75, 3.05) is 0 Å². The SMILES string of the molecule is C[C@@H](C#N)NC(=O)C=C1CCC1. The molecule has 1 N–H and O–H groups in total. The number of nitrogens with one attached hydrogen (secondary N) is 1. The summed E-state index contributed by atoms with van der Waals surface area (Å²) in [6.45, 7) is 1.66. The molecular weight excluding hydrogens is 152 g/mol. The van der Waals surface area contributed by atoms with E-state index in [9.17, 15) is 4.79 Å². The largest absolute Gasteiger partial charge is 0.337 e. The van der Waals surface area contributed by atoms with E-state index in [1.807, 2.05) is 6.07 Å². The summed E-state index contributed by atoms with van der Waals surface area (Å²) in [6, 6.07) is 1.55. The molecule has 0 spiro atoms. The minimum Gasteiger partial charge on any atom is -0.337 e. The molecule has 64 valence electrons. The van der Waals surface area contributed by atoms with Crippen molar-refractivity contribution in [1.29, 1.82) is 5.26 Å². The average Bonchev–Trinajstić information content (AvgIpc) is 1.97. The number of nitrogens with zero attached hydrogens (tertiary/aromatic N) is 1. The normalized spacial score (nSPS) is 17.2. The first kappa shape index (κ1) is 8.79. The van der Waals surface area contributed by atoms with Gasteiger partial charge in [-0.1, -0.05) is 5.57 Å². The maximum Gasteiger partial charge on any atom is 0.244 e. The summed E-state index contributed by atoms with van der Waals surface area (Å²) < 4.78 is 0. The van der Waals surface area contributed by atoms with Gasteiger partial charge in [0.1, 0.15) is 6.04 Å². The van der Waals surface area contributed by atoms with Gasteiger partial charge in [-0.25, -0.2) is 0 Å². The van der Waals surface area contributed by atoms with Crippen LogP contribution in [0, 0.1) is 11.3 Å². The summed E-state index contributed by atoms with van der Waals surface area (Å²) in [7, 11) is 0. The molecule has 0 unspecified atom stereocenters. The molecule has 1 rings (SSSR count). The molecule has 1 aliphatic rings. The summed E-state index contributed by atoms with van der Waals surface area (Å²) in [5, 5.41) is 11.0. The molecule has 1 saturated carbocycles. The summed E-state index contributed by atoms with van der Waals surface area (Å²) in [5.41, 5.74) is 1.19. The fourth-order valence-electron chi connectivity index (χ4n) is 0.998. The zero-order valence-electron chi connectivity index (χ0n) is 7.13. The third-order valence-electron chi connectivity index (χ3n) is 1.88. The number of allylic oxidation sites excluding steroid dienone is 1. The van der Waals surface area contributed by atoms with Crippen LogP contribution in [-0.2, 0) is 4.79 Å². The van der Waals surface area contributed by atoms with E-state index in [2.05, 4.69) is 5.32 Å². The molecule has 0 aromatic carbocycles. The highest BCUT2D eigenvalue weighted by Crippen LogP contribution is 2.24. The zero-order valence-corrected chi connectivity index (χ0v) is 7.13. The van der Waals surface area contributed by atoms with Crippen LogP contribution in [0.15, 0.2) is 11.6 Å². The standard InChI is InChI=1S/C9H12N2O/c1-7(6-10)11-9(12)5-8-3-2-4-8/h5,7H,2-4H2,1H3,(H,11,12)/t7-/m0/s1. The van der Waals surface area contributed by atoms with Crippen LogP contribution in [0.1, 0.15) is 26.2 Å². The van der Waals surface area contributed by atoms with Gasteiger partial charge in [-0.15, -0.1) is 0 Å². The molecule has 1 atom stereocenters. The van der Waals surface area contributed by atoms with Crippen LogP contribution < -0.4 is 5.32 Å². The maximum atomic E-state index is 11.1. The second kappa shape index (κ2) is 3.91. The van der Waals surface area contributed by atoms with Gasteiger partial charge in [-0.05, 0) is 26.2 Å². The molecule has 0 saturated heterocycles. The first-order valence-corrected chi connectivity index (χ1v) is 4.12. The molecule has 1 fully saturated rings. The Morgan fingerprint density at radius 1 is 1.75 bits per heavy atom. The molecule has 0 heterocycles. The molecule has 1 amide bonds. The Balaban J connectivity index is 2.34. The maximum absolute atomic E-state index is 11.1. The quantitative estimate of drug-likeness (QED) is 0.622. The van der Waals surface area contributed by atoms with Crippen molar-refractivity contribution in [3.63, 3.8) is 0 Å². The van der Waals surface area contributed by atoms with Gasteiger partial charge in [0.2, 0.25) is 5.91 Å². The highest BCUT2D eigenvalue weighted by atomic mass is 16.1. The average molecular weight is 164 g/mol. The highest BCUT2D eigenvalue weighted by molar-refractivity contribution is 5.88. The fraction of sp³-hybridized carbons (Fsp3) is 0.556. The van der Waals surface area contributed by atoms with Crippen LogP contribution in [-0.4, -0.2) is 11.9 Å². The van der Waals surface area contributed by atoms with E-state index < -0.39 is 6.04 Å². The lowest BCUT2D eigenvalue weighted by Crippen LogP contribution is -2.30. The molecule has 3 nitrogen and oxygen atoms in total. The van der Waals surface area contributed by atoms with E-state index in [-0.39, 0.29) is 5.91 Å². The van der Waals surface area contributed by atoms with Gasteiger partial charge in [-0.3, -0.25) is 4.79 Å². The minimum atomic E-state index is -0.394. The lowest BCUT2D eigenvalue weighted by molar-refractivity contribution is -0.116. The topological polar surface area (TPSA) is 52.9 Å². The van der Waals surface area contributed by atoms with Crippen LogP contribution in [0.5, 0.6) is 0 Å². The van der Waals surface area contributed by atoms with Crippen molar-refractivity contribution in [3.05, 3.63) is 11.6 Å². The summed E-state index contributed by atoms with van der Waals surface area (Å²) in [5.74, 6) is -0.140. The van der Waals surface area contributed by atoms with Crippen LogP contribution in [0.25, 0.3) is 0 Å². The molecule has 3 heteroatoms. The molecule has 0 aliphatic heterocycles. The Morgan fingerprint density at radius 2 is 2.42 bits per heavy atom. The summed E-state index contributed by atoms with van der Waals surface area (Å²) in [6.07, 6.45) is 4.87. The third kappa shape index (κ3) is 2.39. The highest BCUT2D eigenvalue weighted by Gasteiger charge is 2.10. The second-order valence-corrected chi connectivity index (χ2v) is 3.02. The first-order valence-electron chi connectivity index (χ1n) is 4.12. The van der Waals surface area contributed by atoms with Gasteiger partial charge >= 0.3 is 0 Å². The molecular formula is C9H12N2O. The number of amides is 1. The van der Waals surface area contributed by atoms with E-state index in [1.165, 1.54) is 12.0 Å². The number of rotatable bonds is 2. The van der Waals surface area contributed by atoms with Crippen molar-refractivity contribution in [1.82, 2.24) is 5.32 Å². The Hall–Kier alpha value is -1.30. The Kier molecular flexibility index (Phi) is 2.87. The van der Waals surface area contributed by atoms with Gasteiger partial charge in [0, 0.05) is 6.08 Å². The number of carbonyl (C=O) groups excluding carboxylic acids is 1. The number of hydrogen-bond donors (Lipinski definition) is 1. The van der Waals surface area contributed by atoms with Gasteiger partial charge in [0.05, 0.1) is 6.07 Å². The van der Waals surface area contributed by atoms with Crippen molar-refractivity contribution in [3.8, 4) is 6.07 Å².